The molecule has 2 atom stereocenters. The fourth-order valence-corrected chi connectivity index (χ4v) is 5.05. The summed E-state index contributed by atoms with van der Waals surface area (Å²) >= 11 is 0.654. The van der Waals surface area contributed by atoms with Gasteiger partial charge in [0.1, 0.15) is 16.7 Å². The molecule has 1 aromatic heterocycles. The van der Waals surface area contributed by atoms with E-state index in [0.29, 0.717) is 35.2 Å². The zero-order valence-corrected chi connectivity index (χ0v) is 22.1. The summed E-state index contributed by atoms with van der Waals surface area (Å²) < 4.78 is 34.7. The molecule has 0 aliphatic carbocycles. The maximum absolute atomic E-state index is 14.4. The lowest BCUT2D eigenvalue weighted by molar-refractivity contribution is -0.123. The molecular weight excluding hydrogens is 529 g/mol. The van der Waals surface area contributed by atoms with Crippen LogP contribution in [-0.2, 0) is 9.53 Å². The number of anilines is 2. The monoisotopic (exact) mass is 557 g/mol. The Bertz CT molecular complexity index is 1380. The second-order valence-corrected chi connectivity index (χ2v) is 9.46. The van der Waals surface area contributed by atoms with Crippen LogP contribution in [0.25, 0.3) is 0 Å². The van der Waals surface area contributed by atoms with Crippen molar-refractivity contribution in [1.82, 2.24) is 9.69 Å². The van der Waals surface area contributed by atoms with Crippen LogP contribution >= 0.6 is 11.5 Å². The van der Waals surface area contributed by atoms with Gasteiger partial charge in [0.15, 0.2) is 17.2 Å². The topological polar surface area (TPSA) is 159 Å². The van der Waals surface area contributed by atoms with Crippen molar-refractivity contribution in [3.05, 3.63) is 64.4 Å². The molecule has 2 unspecified atom stereocenters. The SMILES string of the molecule is COc1ccc(C(C(=O)NCC2CCCO2)N(C(=O)c2snc(C(N)=O)c2N)c2cccc(F)c2)cc1OC. The first kappa shape index (κ1) is 27.8. The van der Waals surface area contributed by atoms with Crippen molar-refractivity contribution in [2.75, 3.05) is 38.0 Å². The van der Waals surface area contributed by atoms with Crippen LogP contribution in [0.3, 0.4) is 0 Å². The first-order chi connectivity index (χ1) is 18.7. The summed E-state index contributed by atoms with van der Waals surface area (Å²) in [5, 5.41) is 2.86. The second-order valence-electron chi connectivity index (χ2n) is 8.69. The van der Waals surface area contributed by atoms with Gasteiger partial charge >= 0.3 is 0 Å². The van der Waals surface area contributed by atoms with E-state index in [-0.39, 0.29) is 34.6 Å². The number of nitrogen functional groups attached to an aromatic ring is 1. The first-order valence-corrected chi connectivity index (χ1v) is 12.8. The van der Waals surface area contributed by atoms with Gasteiger partial charge in [0.05, 0.1) is 26.0 Å². The summed E-state index contributed by atoms with van der Waals surface area (Å²) in [6.45, 7) is 0.808. The Labute approximate surface area is 228 Å². The highest BCUT2D eigenvalue weighted by Gasteiger charge is 2.37. The maximum Gasteiger partial charge on any atom is 0.273 e. The molecular formula is C26H28FN5O6S. The van der Waals surface area contributed by atoms with Crippen LogP contribution in [0.4, 0.5) is 15.8 Å². The molecule has 1 saturated heterocycles. The molecule has 4 rings (SSSR count). The number of methoxy groups -OCH3 is 2. The van der Waals surface area contributed by atoms with Crippen molar-refractivity contribution >= 4 is 40.6 Å². The number of amides is 3. The number of hydrogen-bond donors (Lipinski definition) is 3. The van der Waals surface area contributed by atoms with E-state index in [1.54, 1.807) is 18.2 Å². The number of nitrogens with two attached hydrogens (primary N) is 2. The molecule has 0 saturated carbocycles. The fraction of sp³-hybridized carbons (Fsp3) is 0.308. The van der Waals surface area contributed by atoms with Crippen LogP contribution in [0.1, 0.15) is 44.6 Å². The number of primary amides is 1. The third kappa shape index (κ3) is 5.94. The highest BCUT2D eigenvalue weighted by atomic mass is 32.1. The summed E-state index contributed by atoms with van der Waals surface area (Å²) in [6.07, 6.45) is 1.48. The predicted octanol–water partition coefficient (Wildman–Crippen LogP) is 2.66. The lowest BCUT2D eigenvalue weighted by atomic mass is 10.0. The van der Waals surface area contributed by atoms with Gasteiger partial charge in [0, 0.05) is 18.8 Å². The number of halogens is 1. The molecule has 0 bridgehead atoms. The van der Waals surface area contributed by atoms with E-state index in [1.165, 1.54) is 32.4 Å². The van der Waals surface area contributed by atoms with Gasteiger partial charge in [-0.25, -0.2) is 4.39 Å². The van der Waals surface area contributed by atoms with Gasteiger partial charge < -0.3 is 31.0 Å². The summed E-state index contributed by atoms with van der Waals surface area (Å²) in [4.78, 5) is 40.6. The zero-order chi connectivity index (χ0) is 28.1. The molecule has 3 amide bonds. The Morgan fingerprint density at radius 3 is 2.59 bits per heavy atom. The average molecular weight is 558 g/mol. The van der Waals surface area contributed by atoms with E-state index in [1.807, 2.05) is 0 Å². The number of nitrogens with one attached hydrogen (secondary N) is 1. The van der Waals surface area contributed by atoms with Crippen molar-refractivity contribution in [3.8, 4) is 11.5 Å². The molecule has 2 heterocycles. The second kappa shape index (κ2) is 12.1. The van der Waals surface area contributed by atoms with Crippen LogP contribution in [0.15, 0.2) is 42.5 Å². The van der Waals surface area contributed by atoms with Crippen LogP contribution in [0.5, 0.6) is 11.5 Å². The van der Waals surface area contributed by atoms with Gasteiger partial charge in [0.25, 0.3) is 11.8 Å². The van der Waals surface area contributed by atoms with E-state index >= 15 is 0 Å². The fourth-order valence-electron chi connectivity index (χ4n) is 4.31. The molecule has 2 aromatic carbocycles. The van der Waals surface area contributed by atoms with Gasteiger partial charge in [-0.15, -0.1) is 0 Å². The van der Waals surface area contributed by atoms with Gasteiger partial charge in [-0.2, -0.15) is 4.37 Å². The minimum Gasteiger partial charge on any atom is -0.493 e. The predicted molar refractivity (Wildman–Crippen MR) is 143 cm³/mol. The number of hydrogen-bond acceptors (Lipinski definition) is 9. The van der Waals surface area contributed by atoms with Gasteiger partial charge in [-0.05, 0) is 60.3 Å². The number of aromatic nitrogens is 1. The normalized spacial score (nSPS) is 15.4. The average Bonchev–Trinajstić information content (AvgIpc) is 3.59. The Balaban J connectivity index is 1.86. The molecule has 5 N–H and O–H groups in total. The molecule has 13 heteroatoms. The first-order valence-electron chi connectivity index (χ1n) is 12.0. The Kier molecular flexibility index (Phi) is 8.62. The lowest BCUT2D eigenvalue weighted by Gasteiger charge is -2.32. The van der Waals surface area contributed by atoms with Crippen LogP contribution in [0, 0.1) is 5.82 Å². The molecule has 0 spiro atoms. The quantitative estimate of drug-likeness (QED) is 0.343. The Hall–Kier alpha value is -4.23. The summed E-state index contributed by atoms with van der Waals surface area (Å²) in [5.74, 6) is -2.17. The van der Waals surface area contributed by atoms with Crippen molar-refractivity contribution in [2.24, 2.45) is 5.73 Å². The van der Waals surface area contributed by atoms with Gasteiger partial charge in [-0.1, -0.05) is 12.1 Å². The summed E-state index contributed by atoms with van der Waals surface area (Å²) in [6, 6.07) is 8.64. The van der Waals surface area contributed by atoms with E-state index in [0.717, 1.165) is 23.8 Å². The maximum atomic E-state index is 14.4. The number of nitrogens with zero attached hydrogens (tertiary/aromatic N) is 2. The smallest absolute Gasteiger partial charge is 0.273 e. The standard InChI is InChI=1S/C26H28FN5O6S/c1-36-18-9-8-14(11-19(18)37-2)22(25(34)30-13-17-7-4-10-38-17)32(16-6-3-5-15(27)12-16)26(35)23-20(28)21(24(29)33)31-39-23/h3,5-6,8-9,11-12,17,22H,4,7,10,13,28H2,1-2H3,(H2,29,33)(H,30,34). The molecule has 3 aromatic rings. The van der Waals surface area contributed by atoms with E-state index in [2.05, 4.69) is 9.69 Å². The molecule has 11 nitrogen and oxygen atoms in total. The molecule has 206 valence electrons. The van der Waals surface area contributed by atoms with Crippen molar-refractivity contribution in [3.63, 3.8) is 0 Å². The highest BCUT2D eigenvalue weighted by molar-refractivity contribution is 7.09. The van der Waals surface area contributed by atoms with E-state index < -0.39 is 29.6 Å². The number of rotatable bonds is 10. The van der Waals surface area contributed by atoms with Gasteiger partial charge in [0.2, 0.25) is 5.91 Å². The van der Waals surface area contributed by atoms with Crippen LogP contribution < -0.4 is 31.2 Å². The molecule has 0 radical (unpaired) electrons. The summed E-state index contributed by atoms with van der Waals surface area (Å²) in [7, 11) is 2.90. The number of benzene rings is 2. The van der Waals surface area contributed by atoms with E-state index in [4.69, 9.17) is 25.7 Å². The van der Waals surface area contributed by atoms with E-state index in [9.17, 15) is 18.8 Å². The number of carbonyl (C=O) groups excluding carboxylic acids is 3. The van der Waals surface area contributed by atoms with Crippen molar-refractivity contribution < 1.29 is 33.0 Å². The number of ether oxygens (including phenoxy) is 3. The Morgan fingerprint density at radius 2 is 1.97 bits per heavy atom. The largest absolute Gasteiger partial charge is 0.493 e. The minimum absolute atomic E-state index is 0.0699. The van der Waals surface area contributed by atoms with Crippen LogP contribution in [-0.4, -0.2) is 55.6 Å². The Morgan fingerprint density at radius 1 is 1.21 bits per heavy atom. The molecule has 1 fully saturated rings. The number of carbonyl (C=O) groups is 3. The zero-order valence-electron chi connectivity index (χ0n) is 21.3. The molecule has 39 heavy (non-hydrogen) atoms. The van der Waals surface area contributed by atoms with Gasteiger partial charge in [-0.3, -0.25) is 19.3 Å². The minimum atomic E-state index is -1.32. The third-order valence-corrected chi connectivity index (χ3v) is 7.07. The molecule has 1 aliphatic rings. The molecule has 1 aliphatic heterocycles. The third-order valence-electron chi connectivity index (χ3n) is 6.22. The lowest BCUT2D eigenvalue weighted by Crippen LogP contribution is -2.45. The highest BCUT2D eigenvalue weighted by Crippen LogP contribution is 2.37. The van der Waals surface area contributed by atoms with Crippen molar-refractivity contribution in [1.29, 1.82) is 0 Å². The van der Waals surface area contributed by atoms with Crippen molar-refractivity contribution in [2.45, 2.75) is 25.0 Å². The van der Waals surface area contributed by atoms with Crippen LogP contribution in [0.2, 0.25) is 0 Å². The summed E-state index contributed by atoms with van der Waals surface area (Å²) in [5.41, 5.74) is 11.3.